The number of hydrogen-bond acceptors (Lipinski definition) is 5. The van der Waals surface area contributed by atoms with E-state index in [0.717, 1.165) is 25.8 Å². The van der Waals surface area contributed by atoms with Crippen molar-refractivity contribution in [3.8, 4) is 0 Å². The van der Waals surface area contributed by atoms with E-state index in [1.165, 1.54) is 4.57 Å². The molecule has 1 aromatic heterocycles. The van der Waals surface area contributed by atoms with Crippen LogP contribution in [0.5, 0.6) is 0 Å². The predicted molar refractivity (Wildman–Crippen MR) is 78.0 cm³/mol. The number of aliphatic hydroxyl groups is 1. The van der Waals surface area contributed by atoms with Gasteiger partial charge in [0.05, 0.1) is 0 Å². The Morgan fingerprint density at radius 3 is 2.85 bits per heavy atom. The van der Waals surface area contributed by atoms with Gasteiger partial charge in [-0.05, 0) is 32.1 Å². The van der Waals surface area contributed by atoms with E-state index in [1.807, 2.05) is 11.8 Å². The number of aliphatic hydroxyl groups excluding tert-OH is 1. The Kier molecular flexibility index (Phi) is 4.49. The summed E-state index contributed by atoms with van der Waals surface area (Å²) in [6, 6.07) is 0. The molecule has 1 fully saturated rings. The molecule has 20 heavy (non-hydrogen) atoms. The molecule has 1 aromatic rings. The predicted octanol–water partition coefficient (Wildman–Crippen LogP) is -0.262. The molecule has 7 heteroatoms. The number of aromatic nitrogens is 2. The molecule has 1 aliphatic heterocycles. The quantitative estimate of drug-likeness (QED) is 0.705. The van der Waals surface area contributed by atoms with Crippen LogP contribution in [0.25, 0.3) is 0 Å². The molecule has 0 amide bonds. The number of nitrogens with one attached hydrogen (secondary N) is 1. The molecule has 0 aromatic carbocycles. The van der Waals surface area contributed by atoms with Crippen molar-refractivity contribution in [1.29, 1.82) is 0 Å². The van der Waals surface area contributed by atoms with E-state index < -0.39 is 11.2 Å². The molecule has 1 saturated heterocycles. The van der Waals surface area contributed by atoms with E-state index in [0.29, 0.717) is 24.7 Å². The van der Waals surface area contributed by atoms with E-state index in [2.05, 4.69) is 4.98 Å². The molecule has 1 atom stereocenters. The van der Waals surface area contributed by atoms with Gasteiger partial charge in [-0.3, -0.25) is 14.3 Å². The van der Waals surface area contributed by atoms with Crippen molar-refractivity contribution in [2.24, 2.45) is 5.92 Å². The van der Waals surface area contributed by atoms with Crippen molar-refractivity contribution in [2.45, 2.75) is 32.7 Å². The zero-order valence-corrected chi connectivity index (χ0v) is 11.8. The molecule has 1 aliphatic rings. The van der Waals surface area contributed by atoms with Crippen LogP contribution in [0.1, 0.15) is 26.2 Å². The van der Waals surface area contributed by atoms with Crippen LogP contribution in [0.15, 0.2) is 9.59 Å². The molecule has 0 bridgehead atoms. The first-order valence-electron chi connectivity index (χ1n) is 7.06. The third-order valence-corrected chi connectivity index (χ3v) is 3.90. The van der Waals surface area contributed by atoms with E-state index in [1.54, 1.807) is 0 Å². The molecule has 2 heterocycles. The Bertz CT molecular complexity index is 576. The molecule has 0 aliphatic carbocycles. The zero-order valence-electron chi connectivity index (χ0n) is 11.8. The molecule has 2 rings (SSSR count). The van der Waals surface area contributed by atoms with Gasteiger partial charge in [0.25, 0.3) is 5.56 Å². The van der Waals surface area contributed by atoms with Gasteiger partial charge in [-0.1, -0.05) is 0 Å². The van der Waals surface area contributed by atoms with E-state index in [4.69, 9.17) is 10.8 Å². The van der Waals surface area contributed by atoms with Crippen LogP contribution in [0.4, 0.5) is 11.5 Å². The summed E-state index contributed by atoms with van der Waals surface area (Å²) in [4.78, 5) is 28.0. The van der Waals surface area contributed by atoms with Crippen LogP contribution in [0, 0.1) is 5.92 Å². The van der Waals surface area contributed by atoms with Gasteiger partial charge in [0.15, 0.2) is 0 Å². The summed E-state index contributed by atoms with van der Waals surface area (Å²) in [6.07, 6.45) is 2.72. The van der Waals surface area contributed by atoms with Crippen molar-refractivity contribution < 1.29 is 5.11 Å². The number of piperidine rings is 1. The molecule has 1 unspecified atom stereocenters. The number of aromatic amines is 1. The van der Waals surface area contributed by atoms with Gasteiger partial charge in [0, 0.05) is 26.2 Å². The number of nitrogen functional groups attached to an aromatic ring is 1. The second-order valence-corrected chi connectivity index (χ2v) is 5.20. The van der Waals surface area contributed by atoms with Gasteiger partial charge < -0.3 is 15.7 Å². The zero-order chi connectivity index (χ0) is 14.7. The summed E-state index contributed by atoms with van der Waals surface area (Å²) < 4.78 is 1.37. The van der Waals surface area contributed by atoms with Crippen LogP contribution < -0.4 is 21.9 Å². The fourth-order valence-corrected chi connectivity index (χ4v) is 2.88. The highest BCUT2D eigenvalue weighted by Gasteiger charge is 2.24. The first-order valence-corrected chi connectivity index (χ1v) is 7.06. The van der Waals surface area contributed by atoms with E-state index in [-0.39, 0.29) is 12.4 Å². The van der Waals surface area contributed by atoms with Crippen LogP contribution >= 0.6 is 0 Å². The lowest BCUT2D eigenvalue weighted by Crippen LogP contribution is -2.42. The number of nitrogens with zero attached hydrogens (tertiary/aromatic N) is 2. The maximum absolute atomic E-state index is 12.1. The minimum atomic E-state index is -0.470. The van der Waals surface area contributed by atoms with Crippen LogP contribution in [0.3, 0.4) is 0 Å². The van der Waals surface area contributed by atoms with Crippen LogP contribution in [-0.4, -0.2) is 34.4 Å². The van der Waals surface area contributed by atoms with Gasteiger partial charge in [0.1, 0.15) is 11.5 Å². The van der Waals surface area contributed by atoms with Crippen molar-refractivity contribution in [3.05, 3.63) is 20.8 Å². The molecular formula is C13H22N4O3. The van der Waals surface area contributed by atoms with Gasteiger partial charge in [-0.2, -0.15) is 0 Å². The van der Waals surface area contributed by atoms with Gasteiger partial charge >= 0.3 is 5.69 Å². The standard InChI is InChI=1S/C13H22N4O3/c1-2-17-11(14)10(12(19)15-13(17)20)16-6-3-4-9(8-16)5-7-18/h9,18H,2-8,14H2,1H3,(H,15,19,20). The molecule has 7 nitrogen and oxygen atoms in total. The molecule has 4 N–H and O–H groups in total. The van der Waals surface area contributed by atoms with Crippen molar-refractivity contribution in [1.82, 2.24) is 9.55 Å². The fraction of sp³-hybridized carbons (Fsp3) is 0.692. The van der Waals surface area contributed by atoms with Crippen molar-refractivity contribution in [2.75, 3.05) is 30.3 Å². The lowest BCUT2D eigenvalue weighted by atomic mass is 9.95. The Balaban J connectivity index is 2.37. The number of hydrogen-bond donors (Lipinski definition) is 3. The number of nitrogens with two attached hydrogens (primary N) is 1. The monoisotopic (exact) mass is 282 g/mol. The van der Waals surface area contributed by atoms with E-state index >= 15 is 0 Å². The van der Waals surface area contributed by atoms with Gasteiger partial charge in [0.2, 0.25) is 0 Å². The largest absolute Gasteiger partial charge is 0.396 e. The highest BCUT2D eigenvalue weighted by Crippen LogP contribution is 2.25. The smallest absolute Gasteiger partial charge is 0.330 e. The van der Waals surface area contributed by atoms with Crippen LogP contribution in [-0.2, 0) is 6.54 Å². The SMILES string of the molecule is CCn1c(N)c(N2CCCC(CCO)C2)c(=O)[nH]c1=O. The highest BCUT2D eigenvalue weighted by atomic mass is 16.3. The van der Waals surface area contributed by atoms with Gasteiger partial charge in [-0.25, -0.2) is 4.79 Å². The molecule has 0 radical (unpaired) electrons. The normalized spacial score (nSPS) is 19.3. The highest BCUT2D eigenvalue weighted by molar-refractivity contribution is 5.62. The Labute approximate surface area is 117 Å². The summed E-state index contributed by atoms with van der Waals surface area (Å²) in [5, 5.41) is 9.05. The first kappa shape index (κ1) is 14.6. The van der Waals surface area contributed by atoms with Crippen molar-refractivity contribution in [3.63, 3.8) is 0 Å². The topological polar surface area (TPSA) is 104 Å². The Hall–Kier alpha value is -1.76. The second kappa shape index (κ2) is 6.13. The number of anilines is 2. The third kappa shape index (κ3) is 2.72. The average Bonchev–Trinajstić information content (AvgIpc) is 2.39. The lowest BCUT2D eigenvalue weighted by Gasteiger charge is -2.34. The van der Waals surface area contributed by atoms with Gasteiger partial charge in [-0.15, -0.1) is 0 Å². The molecule has 0 saturated carbocycles. The summed E-state index contributed by atoms with van der Waals surface area (Å²) in [7, 11) is 0. The second-order valence-electron chi connectivity index (χ2n) is 5.20. The third-order valence-electron chi connectivity index (χ3n) is 3.90. The summed E-state index contributed by atoms with van der Waals surface area (Å²) >= 11 is 0. The van der Waals surface area contributed by atoms with E-state index in [9.17, 15) is 9.59 Å². The Morgan fingerprint density at radius 2 is 2.20 bits per heavy atom. The minimum Gasteiger partial charge on any atom is -0.396 e. The summed E-state index contributed by atoms with van der Waals surface area (Å²) in [6.45, 7) is 3.82. The van der Waals surface area contributed by atoms with Crippen molar-refractivity contribution >= 4 is 11.5 Å². The summed E-state index contributed by atoms with van der Waals surface area (Å²) in [5.74, 6) is 0.584. The first-order chi connectivity index (χ1) is 9.58. The number of rotatable bonds is 4. The lowest BCUT2D eigenvalue weighted by molar-refractivity contribution is 0.244. The molecule has 0 spiro atoms. The van der Waals surface area contributed by atoms with Crippen LogP contribution in [0.2, 0.25) is 0 Å². The number of H-pyrrole nitrogens is 1. The molecule has 112 valence electrons. The minimum absolute atomic E-state index is 0.152. The molecular weight excluding hydrogens is 260 g/mol. The summed E-state index contributed by atoms with van der Waals surface area (Å²) in [5.41, 5.74) is 5.48. The maximum atomic E-state index is 12.1. The Morgan fingerprint density at radius 1 is 1.45 bits per heavy atom. The fourth-order valence-electron chi connectivity index (χ4n) is 2.88. The average molecular weight is 282 g/mol. The maximum Gasteiger partial charge on any atom is 0.330 e.